The van der Waals surface area contributed by atoms with Gasteiger partial charge < -0.3 is 20.9 Å². The summed E-state index contributed by atoms with van der Waals surface area (Å²) in [6.45, 7) is 0.265. The van der Waals surface area contributed by atoms with Gasteiger partial charge in [-0.1, -0.05) is 0 Å². The van der Waals surface area contributed by atoms with Crippen LogP contribution in [0.5, 0.6) is 0 Å². The van der Waals surface area contributed by atoms with Gasteiger partial charge >= 0.3 is 12.1 Å². The molecule has 0 aliphatic carbocycles. The molecule has 1 aromatic rings. The van der Waals surface area contributed by atoms with E-state index in [0.29, 0.717) is 18.5 Å². The molecule has 4 N–H and O–H groups in total. The van der Waals surface area contributed by atoms with Crippen LogP contribution in [0.3, 0.4) is 0 Å². The molecule has 0 spiro atoms. The third kappa shape index (κ3) is 5.80. The second-order valence-electron chi connectivity index (χ2n) is 3.95. The number of carbonyl (C=O) groups is 3. The molecular weight excluding hydrogens is 266 g/mol. The maximum Gasteiger partial charge on any atom is 0.409 e. The summed E-state index contributed by atoms with van der Waals surface area (Å²) < 4.78 is 6.11. The Bertz CT molecular complexity index is 486. The molecule has 20 heavy (non-hydrogen) atoms. The van der Waals surface area contributed by atoms with Gasteiger partial charge in [0, 0.05) is 25.1 Å². The zero-order valence-corrected chi connectivity index (χ0v) is 10.7. The van der Waals surface area contributed by atoms with Gasteiger partial charge in [0.15, 0.2) is 12.4 Å². The van der Waals surface area contributed by atoms with E-state index in [0.717, 1.165) is 0 Å². The van der Waals surface area contributed by atoms with Crippen molar-refractivity contribution in [2.24, 2.45) is 5.73 Å². The lowest BCUT2D eigenvalue weighted by molar-refractivity contribution is -0.727. The Labute approximate surface area is 115 Å². The zero-order chi connectivity index (χ0) is 15.0. The average Bonchev–Trinajstić information content (AvgIpc) is 2.41. The second-order valence-corrected chi connectivity index (χ2v) is 3.95. The van der Waals surface area contributed by atoms with Gasteiger partial charge in [-0.15, -0.1) is 0 Å². The first-order valence-electron chi connectivity index (χ1n) is 5.90. The number of hydrogen-bond acceptors (Lipinski definition) is 4. The number of carboxylic acid groups (broad SMARTS) is 1. The van der Waals surface area contributed by atoms with Gasteiger partial charge in [0.25, 0.3) is 12.6 Å². The van der Waals surface area contributed by atoms with Gasteiger partial charge in [0.1, 0.15) is 0 Å². The highest BCUT2D eigenvalue weighted by molar-refractivity contribution is 5.93. The van der Waals surface area contributed by atoms with E-state index in [-0.39, 0.29) is 19.1 Å². The van der Waals surface area contributed by atoms with Crippen LogP contribution in [-0.4, -0.2) is 29.6 Å². The SMILES string of the molecule is NC(=O)OC[n+]1ccc(C(=O)NCCCC(=O)O)cc1. The molecular formula is C12H16N3O5+. The van der Waals surface area contributed by atoms with E-state index in [9.17, 15) is 14.4 Å². The molecule has 8 heteroatoms. The Morgan fingerprint density at radius 3 is 2.50 bits per heavy atom. The zero-order valence-electron chi connectivity index (χ0n) is 10.7. The molecule has 1 aromatic heterocycles. The summed E-state index contributed by atoms with van der Waals surface area (Å²) in [6, 6.07) is 3.10. The van der Waals surface area contributed by atoms with Crippen molar-refractivity contribution in [3.05, 3.63) is 30.1 Å². The van der Waals surface area contributed by atoms with Crippen molar-refractivity contribution in [2.45, 2.75) is 19.6 Å². The van der Waals surface area contributed by atoms with Crippen molar-refractivity contribution in [1.29, 1.82) is 0 Å². The number of rotatable bonds is 7. The number of amides is 2. The minimum atomic E-state index is -0.894. The van der Waals surface area contributed by atoms with Gasteiger partial charge in [0.05, 0.1) is 5.56 Å². The first-order valence-corrected chi connectivity index (χ1v) is 5.90. The molecule has 1 heterocycles. The Hall–Kier alpha value is -2.64. The van der Waals surface area contributed by atoms with Crippen LogP contribution in [0.2, 0.25) is 0 Å². The number of hydrogen-bond donors (Lipinski definition) is 3. The third-order valence-electron chi connectivity index (χ3n) is 2.36. The molecule has 1 rings (SSSR count). The molecule has 0 aromatic carbocycles. The van der Waals surface area contributed by atoms with Crippen LogP contribution in [-0.2, 0) is 16.3 Å². The fourth-order valence-electron chi connectivity index (χ4n) is 1.38. The molecule has 0 unspecified atom stereocenters. The van der Waals surface area contributed by atoms with E-state index in [1.807, 2.05) is 0 Å². The molecule has 0 aliphatic rings. The maximum absolute atomic E-state index is 11.7. The summed E-state index contributed by atoms with van der Waals surface area (Å²) in [7, 11) is 0. The van der Waals surface area contributed by atoms with Gasteiger partial charge in [0.2, 0.25) is 0 Å². The van der Waals surface area contributed by atoms with E-state index >= 15 is 0 Å². The smallest absolute Gasteiger partial charge is 0.409 e. The third-order valence-corrected chi connectivity index (χ3v) is 2.36. The van der Waals surface area contributed by atoms with Crippen LogP contribution in [0.4, 0.5) is 4.79 Å². The number of nitrogens with two attached hydrogens (primary N) is 1. The van der Waals surface area contributed by atoms with Gasteiger partial charge in [-0.05, 0) is 6.42 Å². The topological polar surface area (TPSA) is 123 Å². The Balaban J connectivity index is 2.41. The summed E-state index contributed by atoms with van der Waals surface area (Å²) in [6.07, 6.45) is 2.64. The molecule has 2 amide bonds. The number of primary amides is 1. The summed E-state index contributed by atoms with van der Waals surface area (Å²) in [5.41, 5.74) is 5.25. The van der Waals surface area contributed by atoms with E-state index in [1.165, 1.54) is 4.57 Å². The molecule has 0 atom stereocenters. The van der Waals surface area contributed by atoms with E-state index in [4.69, 9.17) is 10.8 Å². The number of pyridine rings is 1. The van der Waals surface area contributed by atoms with Crippen LogP contribution in [0, 0.1) is 0 Å². The lowest BCUT2D eigenvalue weighted by atomic mass is 10.2. The highest BCUT2D eigenvalue weighted by atomic mass is 16.6. The summed E-state index contributed by atoms with van der Waals surface area (Å²) in [4.78, 5) is 32.4. The summed E-state index contributed by atoms with van der Waals surface area (Å²) in [5.74, 6) is -1.19. The summed E-state index contributed by atoms with van der Waals surface area (Å²) in [5, 5.41) is 11.1. The number of carbonyl (C=O) groups excluding carboxylic acids is 2. The van der Waals surface area contributed by atoms with E-state index < -0.39 is 12.1 Å². The van der Waals surface area contributed by atoms with Crippen LogP contribution in [0.25, 0.3) is 0 Å². The molecule has 8 nitrogen and oxygen atoms in total. The minimum Gasteiger partial charge on any atom is -0.481 e. The van der Waals surface area contributed by atoms with Crippen molar-refractivity contribution in [1.82, 2.24) is 5.32 Å². The minimum absolute atomic E-state index is 0.0134. The Kier molecular flexibility index (Phi) is 5.95. The lowest BCUT2D eigenvalue weighted by Crippen LogP contribution is -2.37. The van der Waals surface area contributed by atoms with Crippen molar-refractivity contribution in [2.75, 3.05) is 6.54 Å². The molecule has 0 saturated carbocycles. The Morgan fingerprint density at radius 2 is 1.95 bits per heavy atom. The maximum atomic E-state index is 11.7. The van der Waals surface area contributed by atoms with Crippen molar-refractivity contribution in [3.8, 4) is 0 Å². The van der Waals surface area contributed by atoms with Crippen molar-refractivity contribution < 1.29 is 28.8 Å². The van der Waals surface area contributed by atoms with Crippen LogP contribution in [0.1, 0.15) is 23.2 Å². The molecule has 0 saturated heterocycles. The Morgan fingerprint density at radius 1 is 1.30 bits per heavy atom. The predicted octanol–water partition coefficient (Wildman–Crippen LogP) is -0.379. The number of ether oxygens (including phenoxy) is 1. The molecule has 0 fully saturated rings. The highest BCUT2D eigenvalue weighted by Crippen LogP contribution is 1.96. The van der Waals surface area contributed by atoms with Crippen molar-refractivity contribution >= 4 is 18.0 Å². The monoisotopic (exact) mass is 282 g/mol. The number of aliphatic carboxylic acids is 1. The lowest BCUT2D eigenvalue weighted by Gasteiger charge is -2.03. The second kappa shape index (κ2) is 7.72. The van der Waals surface area contributed by atoms with Crippen molar-refractivity contribution in [3.63, 3.8) is 0 Å². The number of carboxylic acids is 1. The number of nitrogens with zero attached hydrogens (tertiary/aromatic N) is 1. The van der Waals surface area contributed by atoms with E-state index in [2.05, 4.69) is 10.1 Å². The first kappa shape index (κ1) is 15.4. The number of aromatic nitrogens is 1. The van der Waals surface area contributed by atoms with E-state index in [1.54, 1.807) is 24.5 Å². The largest absolute Gasteiger partial charge is 0.481 e. The fourth-order valence-corrected chi connectivity index (χ4v) is 1.38. The van der Waals surface area contributed by atoms with Gasteiger partial charge in [-0.2, -0.15) is 4.57 Å². The predicted molar refractivity (Wildman–Crippen MR) is 66.5 cm³/mol. The normalized spacial score (nSPS) is 9.80. The molecule has 0 radical (unpaired) electrons. The van der Waals surface area contributed by atoms with Crippen LogP contribution in [0.15, 0.2) is 24.5 Å². The summed E-state index contributed by atoms with van der Waals surface area (Å²) >= 11 is 0. The quantitative estimate of drug-likeness (QED) is 0.465. The highest BCUT2D eigenvalue weighted by Gasteiger charge is 2.08. The van der Waals surface area contributed by atoms with Gasteiger partial charge in [-0.3, -0.25) is 9.59 Å². The molecule has 108 valence electrons. The standard InChI is InChI=1S/C12H15N3O5/c13-12(19)20-8-15-6-3-9(4-7-15)11(18)14-5-1-2-10(16)17/h3-4,6-7H,1-2,5,8H2,(H3-,13,14,16,17,18,19)/p+1. The van der Waals surface area contributed by atoms with Crippen LogP contribution >= 0.6 is 0 Å². The van der Waals surface area contributed by atoms with Gasteiger partial charge in [-0.25, -0.2) is 4.79 Å². The molecule has 0 aliphatic heterocycles. The fraction of sp³-hybridized carbons (Fsp3) is 0.333. The van der Waals surface area contributed by atoms with Crippen LogP contribution < -0.4 is 15.6 Å². The number of nitrogens with one attached hydrogen (secondary N) is 1. The first-order chi connectivity index (χ1) is 9.49. The average molecular weight is 282 g/mol. The molecule has 0 bridgehead atoms.